The summed E-state index contributed by atoms with van der Waals surface area (Å²) in [6.45, 7) is 0.603. The van der Waals surface area contributed by atoms with Crippen LogP contribution in [0.1, 0.15) is 32.1 Å². The summed E-state index contributed by atoms with van der Waals surface area (Å²) in [6, 6.07) is 0.112. The molecule has 20 heavy (non-hydrogen) atoms. The van der Waals surface area contributed by atoms with Gasteiger partial charge in [-0.25, -0.2) is 13.1 Å². The second-order valence-electron chi connectivity index (χ2n) is 5.84. The molecule has 0 aliphatic heterocycles. The molecule has 2 N–H and O–H groups in total. The van der Waals surface area contributed by atoms with E-state index in [1.165, 1.54) is 12.4 Å². The number of hydrogen-bond acceptors (Lipinski definition) is 4. The molecule has 2 saturated carbocycles. The molecular formula is C13H21N3O3S. The van der Waals surface area contributed by atoms with E-state index in [2.05, 4.69) is 9.82 Å². The van der Waals surface area contributed by atoms with Crippen molar-refractivity contribution in [2.45, 2.75) is 49.6 Å². The summed E-state index contributed by atoms with van der Waals surface area (Å²) in [6.07, 6.45) is 8.05. The van der Waals surface area contributed by atoms with Gasteiger partial charge >= 0.3 is 0 Å². The molecule has 1 heterocycles. The number of hydrogen-bond donors (Lipinski definition) is 2. The molecule has 0 aromatic carbocycles. The van der Waals surface area contributed by atoms with Crippen LogP contribution in [0.2, 0.25) is 0 Å². The Bertz CT molecular complexity index is 549. The van der Waals surface area contributed by atoms with Crippen LogP contribution in [0.25, 0.3) is 0 Å². The lowest BCUT2D eigenvalue weighted by molar-refractivity contribution is 0.277. The largest absolute Gasteiger partial charge is 0.396 e. The first kappa shape index (κ1) is 14.0. The molecule has 0 amide bonds. The van der Waals surface area contributed by atoms with Gasteiger partial charge in [0.05, 0.1) is 6.20 Å². The quantitative estimate of drug-likeness (QED) is 0.741. The van der Waals surface area contributed by atoms with Gasteiger partial charge in [0.2, 0.25) is 10.0 Å². The van der Waals surface area contributed by atoms with Crippen molar-refractivity contribution in [2.75, 3.05) is 6.61 Å². The van der Waals surface area contributed by atoms with Crippen LogP contribution in [0.3, 0.4) is 0 Å². The minimum Gasteiger partial charge on any atom is -0.396 e. The molecule has 1 aromatic heterocycles. The lowest BCUT2D eigenvalue weighted by Crippen LogP contribution is -2.37. The molecule has 0 spiro atoms. The van der Waals surface area contributed by atoms with E-state index in [0.29, 0.717) is 24.8 Å². The fraction of sp³-hybridized carbons (Fsp3) is 0.769. The van der Waals surface area contributed by atoms with Gasteiger partial charge in [-0.15, -0.1) is 0 Å². The highest BCUT2D eigenvalue weighted by molar-refractivity contribution is 7.89. The molecule has 0 unspecified atom stereocenters. The van der Waals surface area contributed by atoms with E-state index < -0.39 is 10.0 Å². The molecular weight excluding hydrogens is 278 g/mol. The van der Waals surface area contributed by atoms with E-state index in [1.54, 1.807) is 4.68 Å². The monoisotopic (exact) mass is 299 g/mol. The van der Waals surface area contributed by atoms with E-state index in [1.807, 2.05) is 0 Å². The maximum absolute atomic E-state index is 12.4. The van der Waals surface area contributed by atoms with Crippen LogP contribution in [0.4, 0.5) is 0 Å². The van der Waals surface area contributed by atoms with E-state index >= 15 is 0 Å². The van der Waals surface area contributed by atoms with Crippen molar-refractivity contribution in [1.29, 1.82) is 0 Å². The molecule has 0 bridgehead atoms. The second-order valence-corrected chi connectivity index (χ2v) is 7.55. The Morgan fingerprint density at radius 1 is 1.35 bits per heavy atom. The van der Waals surface area contributed by atoms with Crippen molar-refractivity contribution < 1.29 is 13.5 Å². The summed E-state index contributed by atoms with van der Waals surface area (Å²) in [7, 11) is -3.47. The number of rotatable bonds is 8. The van der Waals surface area contributed by atoms with Crippen molar-refractivity contribution in [1.82, 2.24) is 14.5 Å². The van der Waals surface area contributed by atoms with Crippen molar-refractivity contribution >= 4 is 10.0 Å². The average molecular weight is 299 g/mol. The molecule has 7 heteroatoms. The van der Waals surface area contributed by atoms with Gasteiger partial charge in [0.15, 0.2) is 0 Å². The first-order chi connectivity index (χ1) is 9.60. The third kappa shape index (κ3) is 3.21. The topological polar surface area (TPSA) is 84.2 Å². The predicted molar refractivity (Wildman–Crippen MR) is 73.5 cm³/mol. The third-order valence-corrected chi connectivity index (χ3v) is 5.43. The molecule has 2 aliphatic carbocycles. The lowest BCUT2D eigenvalue weighted by atomic mass is 10.1. The summed E-state index contributed by atoms with van der Waals surface area (Å²) in [4.78, 5) is 0.224. The summed E-state index contributed by atoms with van der Waals surface area (Å²) >= 11 is 0. The Hall–Kier alpha value is -0.920. The van der Waals surface area contributed by atoms with Gasteiger partial charge in [-0.1, -0.05) is 0 Å². The molecule has 0 atom stereocenters. The van der Waals surface area contributed by atoms with Crippen LogP contribution in [0.5, 0.6) is 0 Å². The Morgan fingerprint density at radius 2 is 2.00 bits per heavy atom. The zero-order valence-corrected chi connectivity index (χ0v) is 12.2. The van der Waals surface area contributed by atoms with Gasteiger partial charge in [-0.3, -0.25) is 4.68 Å². The second kappa shape index (κ2) is 5.46. The zero-order valence-electron chi connectivity index (χ0n) is 11.4. The Balaban J connectivity index is 1.68. The van der Waals surface area contributed by atoms with Crippen LogP contribution < -0.4 is 4.72 Å². The van der Waals surface area contributed by atoms with Crippen LogP contribution in [-0.4, -0.2) is 36.0 Å². The summed E-state index contributed by atoms with van der Waals surface area (Å²) < 4.78 is 29.2. The number of aliphatic hydroxyl groups excluding tert-OH is 1. The number of sulfonamides is 1. The fourth-order valence-corrected chi connectivity index (χ4v) is 3.90. The van der Waals surface area contributed by atoms with E-state index in [4.69, 9.17) is 5.11 Å². The normalized spacial score (nSPS) is 19.7. The highest BCUT2D eigenvalue weighted by Gasteiger charge is 2.43. The Labute approximate surface area is 119 Å². The Kier molecular flexibility index (Phi) is 3.83. The van der Waals surface area contributed by atoms with Gasteiger partial charge in [0.1, 0.15) is 4.90 Å². The number of aliphatic hydroxyl groups is 1. The molecule has 0 radical (unpaired) electrons. The number of nitrogens with one attached hydrogen (secondary N) is 1. The minimum atomic E-state index is -3.47. The summed E-state index contributed by atoms with van der Waals surface area (Å²) in [5.41, 5.74) is 0. The number of nitrogens with zero attached hydrogens (tertiary/aromatic N) is 2. The fourth-order valence-electron chi connectivity index (χ4n) is 2.57. The molecule has 2 aliphatic rings. The molecule has 3 rings (SSSR count). The highest BCUT2D eigenvalue weighted by atomic mass is 32.2. The first-order valence-electron chi connectivity index (χ1n) is 7.26. The van der Waals surface area contributed by atoms with E-state index in [9.17, 15) is 8.42 Å². The molecule has 1 aromatic rings. The minimum absolute atomic E-state index is 0.0750. The SMILES string of the molecule is O=S(=O)(NC(C1CC1)C1CC1)c1cnn(CCCO)c1. The van der Waals surface area contributed by atoms with Crippen LogP contribution in [-0.2, 0) is 16.6 Å². The van der Waals surface area contributed by atoms with Gasteiger partial charge in [0, 0.05) is 25.4 Å². The maximum Gasteiger partial charge on any atom is 0.243 e. The first-order valence-corrected chi connectivity index (χ1v) is 8.74. The maximum atomic E-state index is 12.4. The van der Waals surface area contributed by atoms with Crippen LogP contribution in [0, 0.1) is 11.8 Å². The van der Waals surface area contributed by atoms with Crippen molar-refractivity contribution in [3.8, 4) is 0 Å². The van der Waals surface area contributed by atoms with Crippen molar-refractivity contribution in [3.05, 3.63) is 12.4 Å². The third-order valence-electron chi connectivity index (χ3n) is 4.02. The van der Waals surface area contributed by atoms with Gasteiger partial charge in [-0.05, 0) is 43.9 Å². The predicted octanol–water partition coefficient (Wildman–Crippen LogP) is 0.732. The summed E-state index contributed by atoms with van der Waals surface area (Å²) in [5, 5.41) is 12.8. The number of aromatic nitrogens is 2. The zero-order chi connectivity index (χ0) is 14.2. The smallest absolute Gasteiger partial charge is 0.243 e. The van der Waals surface area contributed by atoms with Gasteiger partial charge < -0.3 is 5.11 Å². The standard InChI is InChI=1S/C13H21N3O3S/c17-7-1-6-16-9-12(8-14-16)20(18,19)15-13(10-2-3-10)11-4-5-11/h8-11,13,15,17H,1-7H2. The van der Waals surface area contributed by atoms with E-state index in [-0.39, 0.29) is 17.5 Å². The van der Waals surface area contributed by atoms with Gasteiger partial charge in [-0.2, -0.15) is 5.10 Å². The van der Waals surface area contributed by atoms with Crippen molar-refractivity contribution in [2.24, 2.45) is 11.8 Å². The van der Waals surface area contributed by atoms with E-state index in [0.717, 1.165) is 25.7 Å². The average Bonchev–Trinajstić information content (AvgIpc) is 3.32. The lowest BCUT2D eigenvalue weighted by Gasteiger charge is -2.16. The number of aryl methyl sites for hydroxylation is 1. The van der Waals surface area contributed by atoms with Crippen LogP contribution >= 0.6 is 0 Å². The van der Waals surface area contributed by atoms with Crippen LogP contribution in [0.15, 0.2) is 17.3 Å². The molecule has 2 fully saturated rings. The van der Waals surface area contributed by atoms with Crippen molar-refractivity contribution in [3.63, 3.8) is 0 Å². The highest BCUT2D eigenvalue weighted by Crippen LogP contribution is 2.45. The summed E-state index contributed by atoms with van der Waals surface area (Å²) in [5.74, 6) is 1.06. The van der Waals surface area contributed by atoms with Gasteiger partial charge in [0.25, 0.3) is 0 Å². The molecule has 6 nitrogen and oxygen atoms in total. The molecule has 112 valence electrons. The Morgan fingerprint density at radius 3 is 2.55 bits per heavy atom. The molecule has 0 saturated heterocycles.